The Kier molecular flexibility index (Phi) is 6.51. The minimum Gasteiger partial charge on any atom is -0.355 e. The molecule has 1 aromatic heterocycles. The van der Waals surface area contributed by atoms with Gasteiger partial charge in [-0.1, -0.05) is 30.3 Å². The summed E-state index contributed by atoms with van der Waals surface area (Å²) in [6, 6.07) is 11.6. The van der Waals surface area contributed by atoms with Crippen LogP contribution in [0.1, 0.15) is 31.7 Å². The van der Waals surface area contributed by atoms with Crippen LogP contribution in [0.4, 0.5) is 0 Å². The third-order valence-electron chi connectivity index (χ3n) is 5.50. The summed E-state index contributed by atoms with van der Waals surface area (Å²) in [6.07, 6.45) is 5.40. The normalized spacial score (nSPS) is 17.3. The van der Waals surface area contributed by atoms with Gasteiger partial charge in [0.25, 0.3) is 0 Å². The number of sulfonamides is 1. The van der Waals surface area contributed by atoms with Crippen LogP contribution < -0.4 is 5.32 Å². The van der Waals surface area contributed by atoms with E-state index in [1.807, 2.05) is 47.3 Å². The number of nitrogens with zero attached hydrogens (tertiary/aromatic N) is 3. The van der Waals surface area contributed by atoms with Crippen molar-refractivity contribution < 1.29 is 13.2 Å². The highest BCUT2D eigenvalue weighted by atomic mass is 32.2. The van der Waals surface area contributed by atoms with Crippen molar-refractivity contribution in [3.63, 3.8) is 0 Å². The maximum absolute atomic E-state index is 13.2. The summed E-state index contributed by atoms with van der Waals surface area (Å²) in [5.41, 5.74) is 0.264. The summed E-state index contributed by atoms with van der Waals surface area (Å²) < 4.78 is 27.8. The van der Waals surface area contributed by atoms with Gasteiger partial charge >= 0.3 is 0 Å². The molecule has 0 spiro atoms. The quantitative estimate of drug-likeness (QED) is 0.680. The fourth-order valence-electron chi connectivity index (χ4n) is 3.78. The van der Waals surface area contributed by atoms with Crippen molar-refractivity contribution in [3.8, 4) is 0 Å². The molecule has 2 aromatic rings. The zero-order chi connectivity index (χ0) is 20.0. The van der Waals surface area contributed by atoms with Crippen LogP contribution in [0.2, 0.25) is 0 Å². The fourth-order valence-corrected chi connectivity index (χ4v) is 4.88. The highest BCUT2D eigenvalue weighted by Gasteiger charge is 2.44. The molecule has 0 unspecified atom stereocenters. The number of nitrogens with one attached hydrogen (secondary N) is 1. The molecular weight excluding hydrogens is 376 g/mol. The van der Waals surface area contributed by atoms with Gasteiger partial charge in [0.05, 0.1) is 11.2 Å². The van der Waals surface area contributed by atoms with Crippen LogP contribution in [-0.4, -0.2) is 53.8 Å². The highest BCUT2D eigenvalue weighted by Crippen LogP contribution is 2.36. The minimum absolute atomic E-state index is 0.0206. The average molecular weight is 405 g/mol. The van der Waals surface area contributed by atoms with Crippen molar-refractivity contribution in [3.05, 3.63) is 54.4 Å². The summed E-state index contributed by atoms with van der Waals surface area (Å²) in [6.45, 7) is 3.69. The van der Waals surface area contributed by atoms with Crippen LogP contribution in [0.15, 0.2) is 48.8 Å². The maximum Gasteiger partial charge on any atom is 0.230 e. The van der Waals surface area contributed by atoms with Crippen molar-refractivity contribution >= 4 is 15.9 Å². The van der Waals surface area contributed by atoms with Crippen LogP contribution in [0, 0.1) is 0 Å². The molecule has 0 radical (unpaired) electrons. The molecule has 7 nitrogen and oxygen atoms in total. The van der Waals surface area contributed by atoms with Crippen molar-refractivity contribution in [2.45, 2.75) is 38.1 Å². The van der Waals surface area contributed by atoms with Gasteiger partial charge in [-0.15, -0.1) is 0 Å². The zero-order valence-corrected chi connectivity index (χ0v) is 17.1. The monoisotopic (exact) mass is 404 g/mol. The first-order valence-electron chi connectivity index (χ1n) is 9.77. The minimum atomic E-state index is -3.23. The number of carbonyl (C=O) groups is 1. The Morgan fingerprint density at radius 2 is 1.89 bits per heavy atom. The largest absolute Gasteiger partial charge is 0.355 e. The average Bonchev–Trinajstić information content (AvgIpc) is 3.25. The predicted molar refractivity (Wildman–Crippen MR) is 108 cm³/mol. The summed E-state index contributed by atoms with van der Waals surface area (Å²) in [4.78, 5) is 13.2. The molecule has 0 saturated carbocycles. The van der Waals surface area contributed by atoms with E-state index in [4.69, 9.17) is 0 Å². The lowest BCUT2D eigenvalue weighted by Gasteiger charge is -2.40. The summed E-state index contributed by atoms with van der Waals surface area (Å²) in [7, 11) is -3.23. The molecular formula is C20H28N4O3S. The predicted octanol–water partition coefficient (Wildman–Crippen LogP) is 1.77. The first-order valence-corrected chi connectivity index (χ1v) is 11.4. The number of benzene rings is 1. The molecule has 1 N–H and O–H groups in total. The number of aryl methyl sites for hydroxylation is 1. The molecule has 1 saturated heterocycles. The lowest BCUT2D eigenvalue weighted by atomic mass is 9.72. The molecule has 1 aliphatic rings. The number of aromatic nitrogens is 2. The second-order valence-corrected chi connectivity index (χ2v) is 9.38. The standard InChI is InChI=1S/C20H28N4O3S/c1-2-28(26,27)24-16-10-20(11-17-24,18-8-4-3-5-9-18)19(25)21-12-6-14-23-15-7-13-22-23/h3-5,7-9,13,15H,2,6,10-12,14,16-17H2,1H3,(H,21,25). The van der Waals surface area contributed by atoms with Gasteiger partial charge in [-0.2, -0.15) is 5.10 Å². The third kappa shape index (κ3) is 4.44. The van der Waals surface area contributed by atoms with Crippen LogP contribution in [0.25, 0.3) is 0 Å². The summed E-state index contributed by atoms with van der Waals surface area (Å²) in [5.74, 6) is 0.0676. The molecule has 1 aliphatic heterocycles. The van der Waals surface area contributed by atoms with E-state index in [9.17, 15) is 13.2 Å². The molecule has 152 valence electrons. The van der Waals surface area contributed by atoms with Crippen molar-refractivity contribution in [1.29, 1.82) is 0 Å². The molecule has 0 aliphatic carbocycles. The topological polar surface area (TPSA) is 84.3 Å². The zero-order valence-electron chi connectivity index (χ0n) is 16.3. The van der Waals surface area contributed by atoms with Gasteiger partial charge in [-0.3, -0.25) is 9.48 Å². The van der Waals surface area contributed by atoms with E-state index in [-0.39, 0.29) is 11.7 Å². The van der Waals surface area contributed by atoms with E-state index >= 15 is 0 Å². The fraction of sp³-hybridized carbons (Fsp3) is 0.500. The summed E-state index contributed by atoms with van der Waals surface area (Å²) in [5, 5.41) is 7.24. The van der Waals surface area contributed by atoms with E-state index in [1.54, 1.807) is 13.1 Å². The Hall–Kier alpha value is -2.19. The van der Waals surface area contributed by atoms with E-state index in [2.05, 4.69) is 10.4 Å². The lowest BCUT2D eigenvalue weighted by Crippen LogP contribution is -2.53. The van der Waals surface area contributed by atoms with Crippen molar-refractivity contribution in [1.82, 2.24) is 19.4 Å². The lowest BCUT2D eigenvalue weighted by molar-refractivity contribution is -0.128. The molecule has 0 atom stereocenters. The first kappa shape index (κ1) is 20.5. The third-order valence-corrected chi connectivity index (χ3v) is 7.39. The molecule has 0 bridgehead atoms. The van der Waals surface area contributed by atoms with E-state index < -0.39 is 15.4 Å². The van der Waals surface area contributed by atoms with Crippen LogP contribution in [0.5, 0.6) is 0 Å². The molecule has 1 aromatic carbocycles. The van der Waals surface area contributed by atoms with Crippen LogP contribution in [-0.2, 0) is 26.8 Å². The molecule has 1 amide bonds. The number of hydrogen-bond donors (Lipinski definition) is 1. The summed E-state index contributed by atoms with van der Waals surface area (Å²) >= 11 is 0. The van der Waals surface area contributed by atoms with Crippen LogP contribution >= 0.6 is 0 Å². The Labute approximate surface area is 166 Å². The van der Waals surface area contributed by atoms with Gasteiger partial charge in [0.15, 0.2) is 0 Å². The number of hydrogen-bond acceptors (Lipinski definition) is 4. The maximum atomic E-state index is 13.2. The van der Waals surface area contributed by atoms with E-state index in [1.165, 1.54) is 4.31 Å². The molecule has 1 fully saturated rings. The number of amides is 1. The molecule has 8 heteroatoms. The van der Waals surface area contributed by atoms with Gasteiger partial charge < -0.3 is 5.32 Å². The van der Waals surface area contributed by atoms with Crippen molar-refractivity contribution in [2.24, 2.45) is 0 Å². The second-order valence-electron chi connectivity index (χ2n) is 7.13. The second kappa shape index (κ2) is 8.87. The van der Waals surface area contributed by atoms with Gasteiger partial charge in [0.2, 0.25) is 15.9 Å². The highest BCUT2D eigenvalue weighted by molar-refractivity contribution is 7.89. The van der Waals surface area contributed by atoms with Gasteiger partial charge in [-0.05, 0) is 37.8 Å². The van der Waals surface area contributed by atoms with Crippen molar-refractivity contribution in [2.75, 3.05) is 25.4 Å². The molecule has 3 rings (SSSR count). The SMILES string of the molecule is CCS(=O)(=O)N1CCC(C(=O)NCCCn2cccn2)(c2ccccc2)CC1. The molecule has 28 heavy (non-hydrogen) atoms. The Balaban J connectivity index is 1.68. The Morgan fingerprint density at radius 3 is 2.50 bits per heavy atom. The Morgan fingerprint density at radius 1 is 1.18 bits per heavy atom. The van der Waals surface area contributed by atoms with Gasteiger partial charge in [0.1, 0.15) is 0 Å². The van der Waals surface area contributed by atoms with Gasteiger partial charge in [0, 0.05) is 38.6 Å². The number of piperidine rings is 1. The van der Waals surface area contributed by atoms with Gasteiger partial charge in [-0.25, -0.2) is 12.7 Å². The Bertz CT molecular complexity index is 858. The van der Waals surface area contributed by atoms with E-state index in [0.717, 1.165) is 18.5 Å². The smallest absolute Gasteiger partial charge is 0.230 e. The number of rotatable bonds is 8. The van der Waals surface area contributed by atoms with Crippen LogP contribution in [0.3, 0.4) is 0 Å². The molecule has 2 heterocycles. The number of carbonyl (C=O) groups excluding carboxylic acids is 1. The first-order chi connectivity index (χ1) is 13.5. The van der Waals surface area contributed by atoms with E-state index in [0.29, 0.717) is 32.5 Å².